The molecule has 0 N–H and O–H groups in total. The fraction of sp³-hybridized carbons (Fsp3) is 0.222. The summed E-state index contributed by atoms with van der Waals surface area (Å²) in [4.78, 5) is 16.2. The number of aryl methyl sites for hydroxylation is 1. The van der Waals surface area contributed by atoms with E-state index in [4.69, 9.17) is 9.47 Å². The highest BCUT2D eigenvalue weighted by atomic mass is 19.4. The maximum absolute atomic E-state index is 12.8. The van der Waals surface area contributed by atoms with Gasteiger partial charge in [0.25, 0.3) is 0 Å². The van der Waals surface area contributed by atoms with Crippen molar-refractivity contribution in [3.05, 3.63) is 102 Å². The van der Waals surface area contributed by atoms with E-state index >= 15 is 0 Å². The van der Waals surface area contributed by atoms with Crippen LogP contribution in [0.3, 0.4) is 0 Å². The third kappa shape index (κ3) is 5.91. The minimum absolute atomic E-state index is 0.125. The number of rotatable bonds is 8. The smallest absolute Gasteiger partial charge is 0.416 e. The van der Waals surface area contributed by atoms with Gasteiger partial charge < -0.3 is 9.47 Å². The topological polar surface area (TPSA) is 66.2 Å². The Labute approximate surface area is 206 Å². The number of hydrogen-bond acceptors (Lipinski definition) is 5. The molecule has 0 aliphatic rings. The Balaban J connectivity index is 1.45. The minimum atomic E-state index is -4.36. The molecule has 4 aromatic rings. The third-order valence-corrected chi connectivity index (χ3v) is 5.82. The van der Waals surface area contributed by atoms with Gasteiger partial charge in [-0.15, -0.1) is 0 Å². The zero-order valence-corrected chi connectivity index (χ0v) is 19.7. The van der Waals surface area contributed by atoms with Crippen LogP contribution >= 0.6 is 0 Å². The molecule has 4 rings (SSSR count). The van der Waals surface area contributed by atoms with Crippen molar-refractivity contribution < 1.29 is 27.4 Å². The number of esters is 1. The van der Waals surface area contributed by atoms with Crippen LogP contribution in [-0.4, -0.2) is 27.8 Å². The fourth-order valence-corrected chi connectivity index (χ4v) is 3.88. The van der Waals surface area contributed by atoms with Crippen molar-refractivity contribution in [2.45, 2.75) is 25.1 Å². The number of alkyl halides is 3. The van der Waals surface area contributed by atoms with Gasteiger partial charge in [-0.25, -0.2) is 4.98 Å². The van der Waals surface area contributed by atoms with Gasteiger partial charge in [-0.1, -0.05) is 42.5 Å². The summed E-state index contributed by atoms with van der Waals surface area (Å²) in [6.07, 6.45) is -2.80. The summed E-state index contributed by atoms with van der Waals surface area (Å²) in [5.41, 5.74) is 2.55. The van der Waals surface area contributed by atoms with Crippen LogP contribution in [0, 0.1) is 0 Å². The van der Waals surface area contributed by atoms with Gasteiger partial charge in [0.15, 0.2) is 0 Å². The Hall–Kier alpha value is -4.14. The normalized spacial score (nSPS) is 12.2. The molecule has 3 aromatic carbocycles. The lowest BCUT2D eigenvalue weighted by Crippen LogP contribution is -2.14. The van der Waals surface area contributed by atoms with Gasteiger partial charge in [0, 0.05) is 7.05 Å². The average molecular weight is 496 g/mol. The fourth-order valence-electron chi connectivity index (χ4n) is 3.88. The molecular formula is C27H24F3N3O3. The van der Waals surface area contributed by atoms with Crippen molar-refractivity contribution in [2.75, 3.05) is 7.11 Å². The number of benzene rings is 3. The van der Waals surface area contributed by atoms with Gasteiger partial charge in [0.2, 0.25) is 0 Å². The quantitative estimate of drug-likeness (QED) is 0.290. The molecule has 0 saturated heterocycles. The van der Waals surface area contributed by atoms with Gasteiger partial charge >= 0.3 is 12.1 Å². The SMILES string of the molecule is COC(=O)CC(c1ccc(OCc2cccc(-c3ccc(C(F)(F)F)cc3)c2)cc1)c1ncnn1C. The maximum atomic E-state index is 12.8. The Kier molecular flexibility index (Phi) is 7.38. The lowest BCUT2D eigenvalue weighted by atomic mass is 9.94. The first kappa shape index (κ1) is 25.0. The second-order valence-electron chi connectivity index (χ2n) is 8.21. The first-order chi connectivity index (χ1) is 17.2. The van der Waals surface area contributed by atoms with E-state index in [9.17, 15) is 18.0 Å². The van der Waals surface area contributed by atoms with E-state index < -0.39 is 11.7 Å². The second kappa shape index (κ2) is 10.6. The number of carbonyl (C=O) groups excluding carboxylic acids is 1. The van der Waals surface area contributed by atoms with Crippen molar-refractivity contribution >= 4 is 5.97 Å². The monoisotopic (exact) mass is 495 g/mol. The average Bonchev–Trinajstić information content (AvgIpc) is 3.31. The minimum Gasteiger partial charge on any atom is -0.489 e. The largest absolute Gasteiger partial charge is 0.489 e. The molecule has 36 heavy (non-hydrogen) atoms. The van der Waals surface area contributed by atoms with Crippen LogP contribution in [0.5, 0.6) is 5.75 Å². The lowest BCUT2D eigenvalue weighted by molar-refractivity contribution is -0.141. The molecule has 186 valence electrons. The highest BCUT2D eigenvalue weighted by Gasteiger charge is 2.30. The Bertz CT molecular complexity index is 1320. The van der Waals surface area contributed by atoms with Crippen molar-refractivity contribution in [1.29, 1.82) is 0 Å². The summed E-state index contributed by atoms with van der Waals surface area (Å²) in [5.74, 6) is 0.610. The van der Waals surface area contributed by atoms with E-state index in [2.05, 4.69) is 10.1 Å². The molecular weight excluding hydrogens is 471 g/mol. The predicted molar refractivity (Wildman–Crippen MR) is 127 cm³/mol. The van der Waals surface area contributed by atoms with Crippen molar-refractivity contribution in [3.8, 4) is 16.9 Å². The molecule has 0 saturated carbocycles. The summed E-state index contributed by atoms with van der Waals surface area (Å²) in [5, 5.41) is 4.10. The summed E-state index contributed by atoms with van der Waals surface area (Å²) in [7, 11) is 3.11. The first-order valence-corrected chi connectivity index (χ1v) is 11.1. The first-order valence-electron chi connectivity index (χ1n) is 11.1. The molecule has 0 aliphatic carbocycles. The molecule has 1 atom stereocenters. The standard InChI is InChI=1S/C27H24F3N3O3/c1-33-26(31-17-32-33)24(15-25(34)35-2)20-8-12-23(13-9-20)36-16-18-4-3-5-21(14-18)19-6-10-22(11-7-19)27(28,29)30/h3-14,17,24H,15-16H2,1-2H3. The number of hydrogen-bond donors (Lipinski definition) is 0. The van der Waals surface area contributed by atoms with Gasteiger partial charge in [-0.05, 0) is 52.6 Å². The molecule has 0 radical (unpaired) electrons. The number of nitrogens with zero attached hydrogens (tertiary/aromatic N) is 3. The predicted octanol–water partition coefficient (Wildman–Crippen LogP) is 5.77. The summed E-state index contributed by atoms with van der Waals surface area (Å²) >= 11 is 0. The number of methoxy groups -OCH3 is 1. The highest BCUT2D eigenvalue weighted by molar-refractivity contribution is 5.71. The van der Waals surface area contributed by atoms with Crippen LogP contribution in [0.4, 0.5) is 13.2 Å². The second-order valence-corrected chi connectivity index (χ2v) is 8.21. The van der Waals surface area contributed by atoms with Crippen LogP contribution < -0.4 is 4.74 Å². The number of aromatic nitrogens is 3. The summed E-state index contributed by atoms with van der Waals surface area (Å²) in [6.45, 7) is 0.280. The molecule has 0 amide bonds. The Morgan fingerprint density at radius 1 is 1.00 bits per heavy atom. The number of carbonyl (C=O) groups is 1. The van der Waals surface area contributed by atoms with E-state index in [-0.39, 0.29) is 24.9 Å². The lowest BCUT2D eigenvalue weighted by Gasteiger charge is -2.16. The highest BCUT2D eigenvalue weighted by Crippen LogP contribution is 2.32. The number of halogens is 3. The van der Waals surface area contributed by atoms with Crippen molar-refractivity contribution in [1.82, 2.24) is 14.8 Å². The molecule has 1 aromatic heterocycles. The maximum Gasteiger partial charge on any atom is 0.416 e. The Morgan fingerprint density at radius 2 is 1.72 bits per heavy atom. The van der Waals surface area contributed by atoms with E-state index in [0.29, 0.717) is 17.1 Å². The van der Waals surface area contributed by atoms with Crippen LogP contribution in [0.1, 0.15) is 34.9 Å². The van der Waals surface area contributed by atoms with Crippen LogP contribution in [0.25, 0.3) is 11.1 Å². The molecule has 6 nitrogen and oxygen atoms in total. The van der Waals surface area contributed by atoms with Crippen molar-refractivity contribution in [2.24, 2.45) is 7.05 Å². The molecule has 0 aliphatic heterocycles. The van der Waals surface area contributed by atoms with E-state index in [0.717, 1.165) is 28.8 Å². The van der Waals surface area contributed by atoms with Gasteiger partial charge in [0.05, 0.1) is 25.0 Å². The molecule has 0 spiro atoms. The van der Waals surface area contributed by atoms with E-state index in [1.54, 1.807) is 11.7 Å². The molecule has 1 unspecified atom stereocenters. The van der Waals surface area contributed by atoms with Gasteiger partial charge in [-0.2, -0.15) is 18.3 Å². The Morgan fingerprint density at radius 3 is 2.33 bits per heavy atom. The van der Waals surface area contributed by atoms with Crippen molar-refractivity contribution in [3.63, 3.8) is 0 Å². The molecule has 0 fully saturated rings. The van der Waals surface area contributed by atoms with Crippen LogP contribution in [-0.2, 0) is 29.4 Å². The zero-order chi connectivity index (χ0) is 25.7. The zero-order valence-electron chi connectivity index (χ0n) is 19.7. The molecule has 9 heteroatoms. The molecule has 1 heterocycles. The number of ether oxygens (including phenoxy) is 2. The third-order valence-electron chi connectivity index (χ3n) is 5.82. The molecule has 0 bridgehead atoms. The van der Waals surface area contributed by atoms with E-state index in [1.807, 2.05) is 48.5 Å². The summed E-state index contributed by atoms with van der Waals surface area (Å²) < 4.78 is 50.9. The van der Waals surface area contributed by atoms with Crippen LogP contribution in [0.15, 0.2) is 79.1 Å². The van der Waals surface area contributed by atoms with Gasteiger partial charge in [0.1, 0.15) is 24.5 Å². The van der Waals surface area contributed by atoms with Crippen LogP contribution in [0.2, 0.25) is 0 Å². The van der Waals surface area contributed by atoms with E-state index in [1.165, 1.54) is 25.6 Å². The summed E-state index contributed by atoms with van der Waals surface area (Å²) in [6, 6.07) is 19.9. The van der Waals surface area contributed by atoms with Gasteiger partial charge in [-0.3, -0.25) is 9.48 Å².